The minimum absolute atomic E-state index is 0.00153. The zero-order valence-electron chi connectivity index (χ0n) is 6.08. The average molecular weight is 146 g/mol. The highest BCUT2D eigenvalue weighted by Gasteiger charge is 2.09. The molecule has 2 unspecified atom stereocenters. The van der Waals surface area contributed by atoms with Crippen molar-refractivity contribution in [1.29, 1.82) is 0 Å². The number of hydrogen-bond acceptors (Lipinski definition) is 3. The van der Waals surface area contributed by atoms with Crippen molar-refractivity contribution in [3.8, 4) is 0 Å². The van der Waals surface area contributed by atoms with Crippen molar-refractivity contribution in [1.82, 2.24) is 0 Å². The van der Waals surface area contributed by atoms with Crippen molar-refractivity contribution < 1.29 is 9.90 Å². The molecule has 0 bridgehead atoms. The first-order valence-electron chi connectivity index (χ1n) is 3.25. The molecule has 0 rings (SSSR count). The van der Waals surface area contributed by atoms with E-state index in [4.69, 9.17) is 16.6 Å². The summed E-state index contributed by atoms with van der Waals surface area (Å²) in [5.74, 6) is -0.867. The first-order chi connectivity index (χ1) is 4.52. The van der Waals surface area contributed by atoms with E-state index < -0.39 is 5.97 Å². The van der Waals surface area contributed by atoms with E-state index in [9.17, 15) is 4.79 Å². The Balaban J connectivity index is 3.43. The standard InChI is InChI=1S/C6H14N2O2/c1-4(7)2-5(8)3-6(9)10/h4-5H,2-3,7-8H2,1H3,(H,9,10). The molecule has 10 heavy (non-hydrogen) atoms. The Morgan fingerprint density at radius 2 is 2.10 bits per heavy atom. The lowest BCUT2D eigenvalue weighted by atomic mass is 10.1. The Labute approximate surface area is 60.2 Å². The first-order valence-corrected chi connectivity index (χ1v) is 3.25. The van der Waals surface area contributed by atoms with Crippen LogP contribution in [0.4, 0.5) is 0 Å². The molecule has 0 aliphatic heterocycles. The summed E-state index contributed by atoms with van der Waals surface area (Å²) >= 11 is 0. The molecule has 5 N–H and O–H groups in total. The van der Waals surface area contributed by atoms with Crippen LogP contribution >= 0.6 is 0 Å². The molecule has 0 aromatic heterocycles. The van der Waals surface area contributed by atoms with Crippen LogP contribution in [0.25, 0.3) is 0 Å². The number of aliphatic carboxylic acids is 1. The molecule has 0 spiro atoms. The quantitative estimate of drug-likeness (QED) is 0.500. The average Bonchev–Trinajstić information content (AvgIpc) is 1.58. The summed E-state index contributed by atoms with van der Waals surface area (Å²) < 4.78 is 0. The van der Waals surface area contributed by atoms with Gasteiger partial charge in [-0.05, 0) is 13.3 Å². The summed E-state index contributed by atoms with van der Waals surface area (Å²) in [6.45, 7) is 1.81. The van der Waals surface area contributed by atoms with Crippen LogP contribution in [-0.2, 0) is 4.79 Å². The number of rotatable bonds is 4. The normalized spacial score (nSPS) is 16.3. The van der Waals surface area contributed by atoms with Crippen molar-refractivity contribution in [3.05, 3.63) is 0 Å². The van der Waals surface area contributed by atoms with Gasteiger partial charge in [0.2, 0.25) is 0 Å². The van der Waals surface area contributed by atoms with Gasteiger partial charge in [-0.3, -0.25) is 4.79 Å². The highest BCUT2D eigenvalue weighted by atomic mass is 16.4. The summed E-state index contributed by atoms with van der Waals surface area (Å²) in [5.41, 5.74) is 10.8. The van der Waals surface area contributed by atoms with Crippen LogP contribution in [-0.4, -0.2) is 23.2 Å². The summed E-state index contributed by atoms with van der Waals surface area (Å²) in [7, 11) is 0. The molecule has 0 aromatic carbocycles. The van der Waals surface area contributed by atoms with Crippen LogP contribution in [0.3, 0.4) is 0 Å². The number of nitrogens with two attached hydrogens (primary N) is 2. The van der Waals surface area contributed by atoms with Gasteiger partial charge in [-0.2, -0.15) is 0 Å². The lowest BCUT2D eigenvalue weighted by Gasteiger charge is -2.10. The maximum Gasteiger partial charge on any atom is 0.304 e. The van der Waals surface area contributed by atoms with Crippen LogP contribution in [0.15, 0.2) is 0 Å². The molecule has 4 nitrogen and oxygen atoms in total. The fourth-order valence-electron chi connectivity index (χ4n) is 0.785. The van der Waals surface area contributed by atoms with E-state index >= 15 is 0 Å². The molecule has 0 radical (unpaired) electrons. The number of carboxylic acid groups (broad SMARTS) is 1. The monoisotopic (exact) mass is 146 g/mol. The van der Waals surface area contributed by atoms with Gasteiger partial charge in [0.15, 0.2) is 0 Å². The Morgan fingerprint density at radius 3 is 2.40 bits per heavy atom. The van der Waals surface area contributed by atoms with Crippen LogP contribution in [0.5, 0.6) is 0 Å². The smallest absolute Gasteiger partial charge is 0.304 e. The maximum atomic E-state index is 10.1. The molecular formula is C6H14N2O2. The Kier molecular flexibility index (Phi) is 3.99. The van der Waals surface area contributed by atoms with Crippen LogP contribution in [0.1, 0.15) is 19.8 Å². The molecule has 0 saturated carbocycles. The predicted octanol–water partition coefficient (Wildman–Crippen LogP) is -0.474. The van der Waals surface area contributed by atoms with Crippen molar-refractivity contribution in [3.63, 3.8) is 0 Å². The largest absolute Gasteiger partial charge is 0.481 e. The van der Waals surface area contributed by atoms with Gasteiger partial charge in [-0.1, -0.05) is 0 Å². The van der Waals surface area contributed by atoms with Gasteiger partial charge in [0.05, 0.1) is 6.42 Å². The summed E-state index contributed by atoms with van der Waals surface area (Å²) in [6.07, 6.45) is 0.563. The third kappa shape index (κ3) is 5.53. The predicted molar refractivity (Wildman–Crippen MR) is 38.5 cm³/mol. The van der Waals surface area contributed by atoms with Crippen molar-refractivity contribution in [2.45, 2.75) is 31.8 Å². The summed E-state index contributed by atoms with van der Waals surface area (Å²) in [5, 5.41) is 8.28. The van der Waals surface area contributed by atoms with Crippen LogP contribution in [0.2, 0.25) is 0 Å². The number of carbonyl (C=O) groups is 1. The molecule has 2 atom stereocenters. The SMILES string of the molecule is CC(N)CC(N)CC(=O)O. The molecule has 0 aliphatic rings. The third-order valence-electron chi connectivity index (χ3n) is 1.11. The highest BCUT2D eigenvalue weighted by Crippen LogP contribution is 1.96. The Hall–Kier alpha value is -0.610. The molecular weight excluding hydrogens is 132 g/mol. The van der Waals surface area contributed by atoms with Crippen LogP contribution < -0.4 is 11.5 Å². The molecule has 0 saturated heterocycles. The Bertz CT molecular complexity index is 114. The third-order valence-corrected chi connectivity index (χ3v) is 1.11. The fraction of sp³-hybridized carbons (Fsp3) is 0.833. The molecule has 0 amide bonds. The van der Waals surface area contributed by atoms with Gasteiger partial charge in [-0.15, -0.1) is 0 Å². The molecule has 0 fully saturated rings. The van der Waals surface area contributed by atoms with E-state index in [2.05, 4.69) is 0 Å². The zero-order valence-corrected chi connectivity index (χ0v) is 6.08. The van der Waals surface area contributed by atoms with Gasteiger partial charge < -0.3 is 16.6 Å². The van der Waals surface area contributed by atoms with Crippen LogP contribution in [0, 0.1) is 0 Å². The van der Waals surface area contributed by atoms with Gasteiger partial charge in [0.1, 0.15) is 0 Å². The first kappa shape index (κ1) is 9.39. The van der Waals surface area contributed by atoms with E-state index in [1.54, 1.807) is 0 Å². The maximum absolute atomic E-state index is 10.1. The van der Waals surface area contributed by atoms with Crippen molar-refractivity contribution in [2.75, 3.05) is 0 Å². The van der Waals surface area contributed by atoms with Gasteiger partial charge in [-0.25, -0.2) is 0 Å². The van der Waals surface area contributed by atoms with Gasteiger partial charge >= 0.3 is 5.97 Å². The zero-order chi connectivity index (χ0) is 8.15. The number of hydrogen-bond donors (Lipinski definition) is 3. The lowest BCUT2D eigenvalue weighted by Crippen LogP contribution is -2.31. The van der Waals surface area contributed by atoms with E-state index in [-0.39, 0.29) is 18.5 Å². The van der Waals surface area contributed by atoms with Crippen molar-refractivity contribution in [2.24, 2.45) is 11.5 Å². The Morgan fingerprint density at radius 1 is 1.60 bits per heavy atom. The van der Waals surface area contributed by atoms with E-state index in [0.717, 1.165) is 0 Å². The molecule has 0 heterocycles. The fourth-order valence-corrected chi connectivity index (χ4v) is 0.785. The topological polar surface area (TPSA) is 89.3 Å². The molecule has 60 valence electrons. The van der Waals surface area contributed by atoms with E-state index in [0.29, 0.717) is 6.42 Å². The molecule has 4 heteroatoms. The molecule has 0 aliphatic carbocycles. The minimum atomic E-state index is -0.867. The highest BCUT2D eigenvalue weighted by molar-refractivity contribution is 5.67. The van der Waals surface area contributed by atoms with E-state index in [1.165, 1.54) is 0 Å². The lowest BCUT2D eigenvalue weighted by molar-refractivity contribution is -0.137. The minimum Gasteiger partial charge on any atom is -0.481 e. The van der Waals surface area contributed by atoms with Gasteiger partial charge in [0, 0.05) is 12.1 Å². The second kappa shape index (κ2) is 4.24. The summed E-state index contributed by atoms with van der Waals surface area (Å²) in [6, 6.07) is -0.327. The van der Waals surface area contributed by atoms with Gasteiger partial charge in [0.25, 0.3) is 0 Å². The second-order valence-corrected chi connectivity index (χ2v) is 2.57. The second-order valence-electron chi connectivity index (χ2n) is 2.57. The van der Waals surface area contributed by atoms with Crippen molar-refractivity contribution >= 4 is 5.97 Å². The number of carboxylic acids is 1. The van der Waals surface area contributed by atoms with E-state index in [1.807, 2.05) is 6.92 Å². The summed E-state index contributed by atoms with van der Waals surface area (Å²) in [4.78, 5) is 10.1. The molecule has 0 aromatic rings.